The number of carbonyl (C=O) groups is 1. The second-order valence-corrected chi connectivity index (χ2v) is 6.02. The Hall–Kier alpha value is -2.01. The summed E-state index contributed by atoms with van der Waals surface area (Å²) in [4.78, 5) is 14.5. The number of hydrogen-bond acceptors (Lipinski definition) is 4. The highest BCUT2D eigenvalue weighted by Gasteiger charge is 2.29. The van der Waals surface area contributed by atoms with E-state index in [-0.39, 0.29) is 11.9 Å². The number of aromatic nitrogens is 1. The van der Waals surface area contributed by atoms with E-state index < -0.39 is 0 Å². The van der Waals surface area contributed by atoms with Gasteiger partial charge in [0.25, 0.3) is 0 Å². The molecule has 1 aromatic heterocycles. The molecule has 0 N–H and O–H groups in total. The van der Waals surface area contributed by atoms with Gasteiger partial charge in [-0.25, -0.2) is 0 Å². The van der Waals surface area contributed by atoms with E-state index in [0.29, 0.717) is 23.8 Å². The summed E-state index contributed by atoms with van der Waals surface area (Å²) in [5.41, 5.74) is 1.12. The monoisotopic (exact) mass is 334 g/mol. The number of hydrogen-bond donors (Lipinski definition) is 0. The van der Waals surface area contributed by atoms with Crippen molar-refractivity contribution in [2.45, 2.75) is 31.7 Å². The second-order valence-electron chi connectivity index (χ2n) is 5.64. The van der Waals surface area contributed by atoms with Crippen LogP contribution in [0.15, 0.2) is 34.9 Å². The number of aryl methyl sites for hydroxylation is 1. The molecule has 1 fully saturated rings. The maximum absolute atomic E-state index is 12.6. The topological polar surface area (TPSA) is 55.6 Å². The highest BCUT2D eigenvalue weighted by molar-refractivity contribution is 6.29. The Morgan fingerprint density at radius 2 is 2.35 bits per heavy atom. The third-order valence-corrected chi connectivity index (χ3v) is 4.35. The zero-order valence-electron chi connectivity index (χ0n) is 13.0. The van der Waals surface area contributed by atoms with E-state index in [4.69, 9.17) is 20.9 Å². The summed E-state index contributed by atoms with van der Waals surface area (Å²) in [6.07, 6.45) is 2.90. The zero-order chi connectivity index (χ0) is 16.2. The van der Waals surface area contributed by atoms with E-state index in [0.717, 1.165) is 30.7 Å². The maximum Gasteiger partial charge on any atom is 0.223 e. The predicted octanol–water partition coefficient (Wildman–Crippen LogP) is 3.63. The van der Waals surface area contributed by atoms with Crippen LogP contribution in [-0.2, 0) is 11.2 Å². The minimum atomic E-state index is 0.121. The molecule has 5 nitrogen and oxygen atoms in total. The quantitative estimate of drug-likeness (QED) is 0.837. The Morgan fingerprint density at radius 3 is 3.09 bits per heavy atom. The fourth-order valence-electron chi connectivity index (χ4n) is 3.04. The Bertz CT molecular complexity index is 686. The first-order valence-corrected chi connectivity index (χ1v) is 8.09. The van der Waals surface area contributed by atoms with Gasteiger partial charge < -0.3 is 14.2 Å². The molecule has 1 aliphatic rings. The van der Waals surface area contributed by atoms with Crippen molar-refractivity contribution in [2.24, 2.45) is 0 Å². The van der Waals surface area contributed by atoms with Gasteiger partial charge in [-0.3, -0.25) is 4.79 Å². The standard InChI is InChI=1S/C17H19ClN2O3/c1-22-13-5-2-4-12(10-13)15-6-3-9-20(15)17(21)8-7-14-11-16(18)19-23-14/h2,4-5,10-11,15H,3,6-9H2,1H3/t15-/m1/s1. The Labute approximate surface area is 140 Å². The van der Waals surface area contributed by atoms with Crippen LogP contribution in [0.25, 0.3) is 0 Å². The van der Waals surface area contributed by atoms with Crippen molar-refractivity contribution in [1.29, 1.82) is 0 Å². The third kappa shape index (κ3) is 3.67. The molecule has 6 heteroatoms. The lowest BCUT2D eigenvalue weighted by Crippen LogP contribution is -2.30. The van der Waals surface area contributed by atoms with E-state index in [1.54, 1.807) is 13.2 Å². The molecule has 1 aliphatic heterocycles. The van der Waals surface area contributed by atoms with Gasteiger partial charge >= 0.3 is 0 Å². The molecule has 1 saturated heterocycles. The second kappa shape index (κ2) is 7.04. The van der Waals surface area contributed by atoms with Gasteiger partial charge in [0.1, 0.15) is 11.5 Å². The van der Waals surface area contributed by atoms with Gasteiger partial charge in [0.05, 0.1) is 13.2 Å². The first kappa shape index (κ1) is 15.9. The maximum atomic E-state index is 12.6. The minimum Gasteiger partial charge on any atom is -0.497 e. The van der Waals surface area contributed by atoms with Crippen LogP contribution < -0.4 is 4.74 Å². The SMILES string of the molecule is COc1cccc([C@H]2CCCN2C(=O)CCc2cc(Cl)no2)c1. The van der Waals surface area contributed by atoms with Crippen molar-refractivity contribution in [3.05, 3.63) is 46.8 Å². The lowest BCUT2D eigenvalue weighted by Gasteiger charge is -2.25. The van der Waals surface area contributed by atoms with Crippen LogP contribution in [0.4, 0.5) is 0 Å². The van der Waals surface area contributed by atoms with Crippen LogP contribution in [-0.4, -0.2) is 29.6 Å². The summed E-state index contributed by atoms with van der Waals surface area (Å²) in [6, 6.07) is 9.71. The lowest BCUT2D eigenvalue weighted by atomic mass is 10.0. The van der Waals surface area contributed by atoms with Crippen molar-refractivity contribution in [2.75, 3.05) is 13.7 Å². The van der Waals surface area contributed by atoms with Crippen molar-refractivity contribution >= 4 is 17.5 Å². The normalized spacial score (nSPS) is 17.5. The number of halogens is 1. The van der Waals surface area contributed by atoms with Crippen LogP contribution in [0, 0.1) is 0 Å². The summed E-state index contributed by atoms with van der Waals surface area (Å²) in [5, 5.41) is 3.95. The van der Waals surface area contributed by atoms with Crippen molar-refractivity contribution in [3.8, 4) is 5.75 Å². The summed E-state index contributed by atoms with van der Waals surface area (Å²) < 4.78 is 10.3. The molecule has 2 aromatic rings. The summed E-state index contributed by atoms with van der Waals surface area (Å²) >= 11 is 5.72. The van der Waals surface area contributed by atoms with Gasteiger partial charge in [-0.15, -0.1) is 0 Å². The smallest absolute Gasteiger partial charge is 0.223 e. The highest BCUT2D eigenvalue weighted by Crippen LogP contribution is 2.34. The number of carbonyl (C=O) groups excluding carboxylic acids is 1. The first-order valence-electron chi connectivity index (χ1n) is 7.72. The number of nitrogens with zero attached hydrogens (tertiary/aromatic N) is 2. The summed E-state index contributed by atoms with van der Waals surface area (Å²) in [6.45, 7) is 0.790. The number of benzene rings is 1. The van der Waals surface area contributed by atoms with Crippen LogP contribution in [0.3, 0.4) is 0 Å². The van der Waals surface area contributed by atoms with Crippen molar-refractivity contribution in [3.63, 3.8) is 0 Å². The van der Waals surface area contributed by atoms with E-state index >= 15 is 0 Å². The third-order valence-electron chi connectivity index (χ3n) is 4.17. The van der Waals surface area contributed by atoms with Gasteiger partial charge in [-0.05, 0) is 30.5 Å². The van der Waals surface area contributed by atoms with Crippen LogP contribution in [0.2, 0.25) is 5.15 Å². The van der Waals surface area contributed by atoms with Gasteiger partial charge in [0, 0.05) is 25.5 Å². The van der Waals surface area contributed by atoms with Crippen molar-refractivity contribution < 1.29 is 14.1 Å². The lowest BCUT2D eigenvalue weighted by molar-refractivity contribution is -0.132. The molecule has 0 aliphatic carbocycles. The number of rotatable bonds is 5. The number of ether oxygens (including phenoxy) is 1. The van der Waals surface area contributed by atoms with Gasteiger partial charge in [0.15, 0.2) is 5.15 Å². The number of likely N-dealkylation sites (tertiary alicyclic amines) is 1. The van der Waals surface area contributed by atoms with Crippen LogP contribution in [0.5, 0.6) is 5.75 Å². The fraction of sp³-hybridized carbons (Fsp3) is 0.412. The zero-order valence-corrected chi connectivity index (χ0v) is 13.8. The average molecular weight is 335 g/mol. The van der Waals surface area contributed by atoms with E-state index in [1.807, 2.05) is 23.1 Å². The Kier molecular flexibility index (Phi) is 4.86. The number of methoxy groups -OCH3 is 1. The predicted molar refractivity (Wildman–Crippen MR) is 86.5 cm³/mol. The van der Waals surface area contributed by atoms with E-state index in [9.17, 15) is 4.79 Å². The largest absolute Gasteiger partial charge is 0.497 e. The Balaban J connectivity index is 1.66. The molecular formula is C17H19ClN2O3. The van der Waals surface area contributed by atoms with E-state index in [1.165, 1.54) is 0 Å². The molecule has 2 heterocycles. The molecule has 23 heavy (non-hydrogen) atoms. The van der Waals surface area contributed by atoms with E-state index in [2.05, 4.69) is 11.2 Å². The van der Waals surface area contributed by atoms with Gasteiger partial charge in [-0.2, -0.15) is 0 Å². The molecular weight excluding hydrogens is 316 g/mol. The van der Waals surface area contributed by atoms with Gasteiger partial charge in [0.2, 0.25) is 5.91 Å². The molecule has 1 aromatic carbocycles. The molecule has 0 unspecified atom stereocenters. The fourth-order valence-corrected chi connectivity index (χ4v) is 3.20. The molecule has 0 spiro atoms. The first-order chi connectivity index (χ1) is 11.2. The van der Waals surface area contributed by atoms with Crippen LogP contribution in [0.1, 0.15) is 36.6 Å². The van der Waals surface area contributed by atoms with Crippen LogP contribution >= 0.6 is 11.6 Å². The molecule has 0 bridgehead atoms. The molecule has 1 amide bonds. The number of amides is 1. The molecule has 0 saturated carbocycles. The average Bonchev–Trinajstić information content (AvgIpc) is 3.21. The summed E-state index contributed by atoms with van der Waals surface area (Å²) in [7, 11) is 1.65. The molecule has 3 rings (SSSR count). The molecule has 122 valence electrons. The molecule has 0 radical (unpaired) electrons. The molecule has 1 atom stereocenters. The minimum absolute atomic E-state index is 0.121. The van der Waals surface area contributed by atoms with Gasteiger partial charge in [-0.1, -0.05) is 28.9 Å². The summed E-state index contributed by atoms with van der Waals surface area (Å²) in [5.74, 6) is 1.58. The van der Waals surface area contributed by atoms with Crippen molar-refractivity contribution in [1.82, 2.24) is 10.1 Å². The Morgan fingerprint density at radius 1 is 1.48 bits per heavy atom. The highest BCUT2D eigenvalue weighted by atomic mass is 35.5.